The number of ether oxygens (including phenoxy) is 1. The molecule has 4 rings (SSSR count). The van der Waals surface area contributed by atoms with Crippen molar-refractivity contribution < 1.29 is 4.74 Å². The number of benzene rings is 1. The first-order chi connectivity index (χ1) is 13.8. The summed E-state index contributed by atoms with van der Waals surface area (Å²) in [6.07, 6.45) is 8.53. The predicted molar refractivity (Wildman–Crippen MR) is 111 cm³/mol. The van der Waals surface area contributed by atoms with Crippen LogP contribution in [0.5, 0.6) is 5.75 Å². The predicted octanol–water partition coefficient (Wildman–Crippen LogP) is 3.30. The number of nitrogens with one attached hydrogen (secondary N) is 2. The van der Waals surface area contributed by atoms with Gasteiger partial charge in [0.25, 0.3) is 0 Å². The van der Waals surface area contributed by atoms with Gasteiger partial charge in [-0.3, -0.25) is 4.98 Å². The lowest BCUT2D eigenvalue weighted by Crippen LogP contribution is -2.30. The SMILES string of the molecule is COc1ccc(Cc2nc(-c3cccnc3)cnc2NC[C@@H]2CCCN2)cc1. The Hall–Kier alpha value is -2.99. The van der Waals surface area contributed by atoms with Crippen molar-refractivity contribution >= 4 is 5.82 Å². The van der Waals surface area contributed by atoms with Crippen LogP contribution in [0.1, 0.15) is 24.1 Å². The van der Waals surface area contributed by atoms with Crippen LogP contribution in [0.25, 0.3) is 11.3 Å². The van der Waals surface area contributed by atoms with Crippen LogP contribution in [-0.4, -0.2) is 41.2 Å². The normalized spacial score (nSPS) is 16.1. The highest BCUT2D eigenvalue weighted by Gasteiger charge is 2.16. The second-order valence-electron chi connectivity index (χ2n) is 6.99. The summed E-state index contributed by atoms with van der Waals surface area (Å²) < 4.78 is 5.26. The maximum absolute atomic E-state index is 5.26. The van der Waals surface area contributed by atoms with Gasteiger partial charge in [-0.25, -0.2) is 9.97 Å². The lowest BCUT2D eigenvalue weighted by Gasteiger charge is -2.15. The van der Waals surface area contributed by atoms with Gasteiger partial charge in [0, 0.05) is 37.0 Å². The summed E-state index contributed by atoms with van der Waals surface area (Å²) in [5.41, 5.74) is 3.90. The van der Waals surface area contributed by atoms with Crippen LogP contribution in [0.2, 0.25) is 0 Å². The molecule has 2 N–H and O–H groups in total. The Morgan fingerprint density at radius 3 is 2.79 bits per heavy atom. The van der Waals surface area contributed by atoms with Crippen molar-refractivity contribution in [2.75, 3.05) is 25.5 Å². The molecule has 0 bridgehead atoms. The average molecular weight is 375 g/mol. The summed E-state index contributed by atoms with van der Waals surface area (Å²) in [5.74, 6) is 1.70. The summed E-state index contributed by atoms with van der Waals surface area (Å²) in [7, 11) is 1.68. The number of nitrogens with zero attached hydrogens (tertiary/aromatic N) is 3. The number of hydrogen-bond acceptors (Lipinski definition) is 6. The molecule has 0 aliphatic carbocycles. The van der Waals surface area contributed by atoms with E-state index in [9.17, 15) is 0 Å². The minimum Gasteiger partial charge on any atom is -0.497 e. The van der Waals surface area contributed by atoms with Gasteiger partial charge < -0.3 is 15.4 Å². The fourth-order valence-corrected chi connectivity index (χ4v) is 3.44. The summed E-state index contributed by atoms with van der Waals surface area (Å²) in [5, 5.41) is 7.01. The van der Waals surface area contributed by atoms with Gasteiger partial charge in [0.1, 0.15) is 11.6 Å². The molecule has 1 aliphatic rings. The molecular formula is C22H25N5O. The van der Waals surface area contributed by atoms with Crippen LogP contribution in [0.15, 0.2) is 55.0 Å². The topological polar surface area (TPSA) is 72.0 Å². The van der Waals surface area contributed by atoms with E-state index < -0.39 is 0 Å². The minimum absolute atomic E-state index is 0.494. The van der Waals surface area contributed by atoms with Crippen molar-refractivity contribution in [2.24, 2.45) is 0 Å². The molecule has 28 heavy (non-hydrogen) atoms. The zero-order chi connectivity index (χ0) is 19.2. The Morgan fingerprint density at radius 2 is 2.07 bits per heavy atom. The van der Waals surface area contributed by atoms with Gasteiger partial charge in [-0.05, 0) is 49.2 Å². The average Bonchev–Trinajstić information content (AvgIpc) is 3.28. The van der Waals surface area contributed by atoms with E-state index in [-0.39, 0.29) is 0 Å². The molecule has 0 unspecified atom stereocenters. The van der Waals surface area contributed by atoms with Gasteiger partial charge in [0.05, 0.1) is 24.7 Å². The fourth-order valence-electron chi connectivity index (χ4n) is 3.44. The van der Waals surface area contributed by atoms with Gasteiger partial charge in [-0.1, -0.05) is 12.1 Å². The van der Waals surface area contributed by atoms with Gasteiger partial charge >= 0.3 is 0 Å². The maximum atomic E-state index is 5.26. The Bertz CT molecular complexity index is 893. The van der Waals surface area contributed by atoms with Crippen molar-refractivity contribution in [1.82, 2.24) is 20.3 Å². The second-order valence-corrected chi connectivity index (χ2v) is 6.99. The number of rotatable bonds is 7. The molecule has 1 aliphatic heterocycles. The molecule has 144 valence electrons. The Morgan fingerprint density at radius 1 is 1.18 bits per heavy atom. The Kier molecular flexibility index (Phi) is 5.77. The maximum Gasteiger partial charge on any atom is 0.148 e. The highest BCUT2D eigenvalue weighted by molar-refractivity contribution is 5.59. The summed E-state index contributed by atoms with van der Waals surface area (Å²) in [4.78, 5) is 13.8. The molecule has 6 nitrogen and oxygen atoms in total. The van der Waals surface area contributed by atoms with Crippen LogP contribution >= 0.6 is 0 Å². The molecule has 3 aromatic rings. The Labute approximate surface area is 165 Å². The lowest BCUT2D eigenvalue weighted by atomic mass is 10.1. The third kappa shape index (κ3) is 4.46. The van der Waals surface area contributed by atoms with Gasteiger partial charge in [0.15, 0.2) is 0 Å². The largest absolute Gasteiger partial charge is 0.497 e. The van der Waals surface area contributed by atoms with Crippen LogP contribution in [0.4, 0.5) is 5.82 Å². The number of hydrogen-bond donors (Lipinski definition) is 2. The van der Waals surface area contributed by atoms with E-state index in [0.717, 1.165) is 41.6 Å². The molecule has 6 heteroatoms. The van der Waals surface area contributed by atoms with Crippen LogP contribution in [0, 0.1) is 0 Å². The quantitative estimate of drug-likeness (QED) is 0.660. The molecule has 0 spiro atoms. The molecule has 0 amide bonds. The number of methoxy groups -OCH3 is 1. The van der Waals surface area contributed by atoms with E-state index in [1.165, 1.54) is 18.4 Å². The standard InChI is InChI=1S/C22H25N5O/c1-28-19-8-6-16(7-9-19)12-20-22(25-14-18-5-3-11-24-18)26-15-21(27-20)17-4-2-10-23-13-17/h2,4,6-10,13,15,18,24H,3,5,11-12,14H2,1H3,(H,25,26)/t18-/m0/s1. The molecule has 1 atom stereocenters. The summed E-state index contributed by atoms with van der Waals surface area (Å²) >= 11 is 0. The highest BCUT2D eigenvalue weighted by atomic mass is 16.5. The van der Waals surface area contributed by atoms with Gasteiger partial charge in [-0.15, -0.1) is 0 Å². The first-order valence-electron chi connectivity index (χ1n) is 9.68. The number of pyridine rings is 1. The summed E-state index contributed by atoms with van der Waals surface area (Å²) in [6.45, 7) is 1.95. The van der Waals surface area contributed by atoms with Crippen LogP contribution in [0.3, 0.4) is 0 Å². The van der Waals surface area contributed by atoms with E-state index >= 15 is 0 Å². The van der Waals surface area contributed by atoms with E-state index in [4.69, 9.17) is 14.7 Å². The first kappa shape index (κ1) is 18.4. The first-order valence-corrected chi connectivity index (χ1v) is 9.68. The fraction of sp³-hybridized carbons (Fsp3) is 0.318. The lowest BCUT2D eigenvalue weighted by molar-refractivity contribution is 0.414. The minimum atomic E-state index is 0.494. The second kappa shape index (κ2) is 8.80. The van der Waals surface area contributed by atoms with E-state index in [2.05, 4.69) is 27.8 Å². The van der Waals surface area contributed by atoms with E-state index in [1.807, 2.05) is 36.7 Å². The molecular weight excluding hydrogens is 350 g/mol. The molecule has 2 aromatic heterocycles. The monoisotopic (exact) mass is 375 g/mol. The van der Waals surface area contributed by atoms with Gasteiger partial charge in [-0.2, -0.15) is 0 Å². The zero-order valence-electron chi connectivity index (χ0n) is 16.1. The summed E-state index contributed by atoms with van der Waals surface area (Å²) in [6, 6.07) is 12.5. The number of anilines is 1. The van der Waals surface area contributed by atoms with Crippen LogP contribution < -0.4 is 15.4 Å². The van der Waals surface area contributed by atoms with Crippen molar-refractivity contribution in [3.05, 3.63) is 66.2 Å². The molecule has 3 heterocycles. The Balaban J connectivity index is 1.59. The molecule has 1 aromatic carbocycles. The smallest absolute Gasteiger partial charge is 0.148 e. The van der Waals surface area contributed by atoms with E-state index in [0.29, 0.717) is 12.5 Å². The molecule has 0 saturated carbocycles. The highest BCUT2D eigenvalue weighted by Crippen LogP contribution is 2.22. The van der Waals surface area contributed by atoms with Crippen molar-refractivity contribution in [3.63, 3.8) is 0 Å². The van der Waals surface area contributed by atoms with Crippen molar-refractivity contribution in [3.8, 4) is 17.0 Å². The zero-order valence-corrected chi connectivity index (χ0v) is 16.1. The van der Waals surface area contributed by atoms with Crippen molar-refractivity contribution in [1.29, 1.82) is 0 Å². The molecule has 0 radical (unpaired) electrons. The van der Waals surface area contributed by atoms with Gasteiger partial charge in [0.2, 0.25) is 0 Å². The van der Waals surface area contributed by atoms with Crippen LogP contribution in [-0.2, 0) is 6.42 Å². The molecule has 1 saturated heterocycles. The van der Waals surface area contributed by atoms with E-state index in [1.54, 1.807) is 13.3 Å². The van der Waals surface area contributed by atoms with Crippen molar-refractivity contribution in [2.45, 2.75) is 25.3 Å². The number of aromatic nitrogens is 3. The third-order valence-corrected chi connectivity index (χ3v) is 5.01. The molecule has 1 fully saturated rings. The third-order valence-electron chi connectivity index (χ3n) is 5.01.